The van der Waals surface area contributed by atoms with Crippen LogP contribution in [0.25, 0.3) is 0 Å². The number of carbonyl (C=O) groups is 1. The lowest BCUT2D eigenvalue weighted by molar-refractivity contribution is -0.385. The minimum atomic E-state index is -4.84. The van der Waals surface area contributed by atoms with Crippen LogP contribution < -0.4 is 15.0 Å². The molecular weight excluding hydrogens is 405 g/mol. The second-order valence-corrected chi connectivity index (χ2v) is 6.21. The summed E-state index contributed by atoms with van der Waals surface area (Å²) in [5.74, 6) is -0.740. The first-order valence-electron chi connectivity index (χ1n) is 7.88. The number of halogens is 4. The number of hydrogen-bond acceptors (Lipinski definition) is 6. The Bertz CT molecular complexity index is 925. The monoisotopic (exact) mass is 416 g/mol. The number of amides is 1. The topological polar surface area (TPSA) is 97.6 Å². The minimum absolute atomic E-state index is 0.0268. The first kappa shape index (κ1) is 19.7. The number of carbonyl (C=O) groups excluding carboxylic acids is 1. The molecule has 0 radical (unpaired) electrons. The van der Waals surface area contributed by atoms with E-state index < -0.39 is 29.0 Å². The van der Waals surface area contributed by atoms with E-state index >= 15 is 0 Å². The number of nitrogens with one attached hydrogen (secondary N) is 1. The molecule has 148 valence electrons. The number of benzene rings is 1. The Kier molecular flexibility index (Phi) is 5.27. The summed E-state index contributed by atoms with van der Waals surface area (Å²) in [6.45, 7) is 0.247. The molecule has 2 heterocycles. The third-order valence-electron chi connectivity index (χ3n) is 3.92. The van der Waals surface area contributed by atoms with Gasteiger partial charge in [0.05, 0.1) is 9.95 Å². The lowest BCUT2D eigenvalue weighted by Crippen LogP contribution is -2.33. The lowest BCUT2D eigenvalue weighted by atomic mass is 10.2. The molecule has 0 aliphatic carbocycles. The number of aromatic nitrogens is 1. The number of anilines is 2. The Labute approximate surface area is 161 Å². The third-order valence-corrected chi connectivity index (χ3v) is 4.21. The number of hydrogen-bond donors (Lipinski definition) is 1. The van der Waals surface area contributed by atoms with Gasteiger partial charge < -0.3 is 15.0 Å². The zero-order valence-electron chi connectivity index (χ0n) is 13.9. The van der Waals surface area contributed by atoms with E-state index in [0.717, 1.165) is 24.4 Å². The van der Waals surface area contributed by atoms with E-state index in [1.807, 2.05) is 0 Å². The Morgan fingerprint density at radius 3 is 2.75 bits per heavy atom. The van der Waals surface area contributed by atoms with E-state index in [2.05, 4.69) is 15.0 Å². The van der Waals surface area contributed by atoms with Crippen molar-refractivity contribution in [1.82, 2.24) is 4.98 Å². The quantitative estimate of drug-likeness (QED) is 0.588. The maximum Gasteiger partial charge on any atom is 0.573 e. The highest BCUT2D eigenvalue weighted by atomic mass is 35.5. The molecule has 0 bridgehead atoms. The number of pyridine rings is 1. The van der Waals surface area contributed by atoms with Crippen molar-refractivity contribution < 1.29 is 27.6 Å². The maximum atomic E-state index is 12.6. The van der Waals surface area contributed by atoms with E-state index in [4.69, 9.17) is 11.6 Å². The average molecular weight is 417 g/mol. The normalized spacial score (nSPS) is 16.9. The fourth-order valence-corrected chi connectivity index (χ4v) is 2.93. The summed E-state index contributed by atoms with van der Waals surface area (Å²) in [6, 6.07) is 5.45. The highest BCUT2D eigenvalue weighted by Gasteiger charge is 2.35. The molecule has 1 saturated heterocycles. The van der Waals surface area contributed by atoms with Crippen LogP contribution in [0.1, 0.15) is 6.42 Å². The molecule has 1 aromatic carbocycles. The van der Waals surface area contributed by atoms with Gasteiger partial charge in [-0.05, 0) is 18.6 Å². The van der Waals surface area contributed by atoms with Crippen LogP contribution in [0.2, 0.25) is 5.02 Å². The van der Waals surface area contributed by atoms with Crippen LogP contribution in [0.4, 0.5) is 30.4 Å². The van der Waals surface area contributed by atoms with Gasteiger partial charge in [0.25, 0.3) is 5.69 Å². The van der Waals surface area contributed by atoms with Crippen LogP contribution in [-0.2, 0) is 4.79 Å². The Morgan fingerprint density at radius 2 is 2.11 bits per heavy atom. The predicted molar refractivity (Wildman–Crippen MR) is 93.4 cm³/mol. The molecule has 0 saturated carbocycles. The van der Waals surface area contributed by atoms with Crippen molar-refractivity contribution in [2.24, 2.45) is 0 Å². The number of nitro groups is 1. The summed E-state index contributed by atoms with van der Waals surface area (Å²) in [5.41, 5.74) is -0.0461. The second kappa shape index (κ2) is 7.50. The molecule has 1 aliphatic rings. The molecule has 8 nitrogen and oxygen atoms in total. The van der Waals surface area contributed by atoms with Gasteiger partial charge in [-0.25, -0.2) is 4.98 Å². The summed E-state index contributed by atoms with van der Waals surface area (Å²) in [5, 5.41) is 13.5. The fraction of sp³-hybridized carbons (Fsp3) is 0.250. The van der Waals surface area contributed by atoms with Gasteiger partial charge >= 0.3 is 6.36 Å². The summed E-state index contributed by atoms with van der Waals surface area (Å²) in [4.78, 5) is 27.8. The molecule has 3 rings (SSSR count). The van der Waals surface area contributed by atoms with Gasteiger partial charge in [0.2, 0.25) is 5.91 Å². The van der Waals surface area contributed by atoms with Crippen molar-refractivity contribution in [3.05, 3.63) is 51.7 Å². The standard InChI is InChI=1S/C16H12ClF3N4O4/c17-12-7-10(24(26)27)8-21-14(12)22-13-4-5-23(15(13)25)9-2-1-3-11(6-9)28-16(18,19)20/h1-3,6-8,13H,4-5H2,(H,21,22). The number of rotatable bonds is 5. The summed E-state index contributed by atoms with van der Waals surface area (Å²) in [6.07, 6.45) is -3.50. The van der Waals surface area contributed by atoms with Gasteiger partial charge in [0.15, 0.2) is 0 Å². The molecule has 1 aromatic heterocycles. The second-order valence-electron chi connectivity index (χ2n) is 5.80. The Balaban J connectivity index is 1.73. The van der Waals surface area contributed by atoms with Crippen molar-refractivity contribution in [2.45, 2.75) is 18.8 Å². The Hall–Kier alpha value is -3.08. The lowest BCUT2D eigenvalue weighted by Gasteiger charge is -2.19. The van der Waals surface area contributed by atoms with Crippen molar-refractivity contribution in [1.29, 1.82) is 0 Å². The van der Waals surface area contributed by atoms with Crippen molar-refractivity contribution in [2.75, 3.05) is 16.8 Å². The summed E-state index contributed by atoms with van der Waals surface area (Å²) < 4.78 is 41.0. The number of nitrogens with zero attached hydrogens (tertiary/aromatic N) is 3. The largest absolute Gasteiger partial charge is 0.573 e. The number of ether oxygens (including phenoxy) is 1. The Morgan fingerprint density at radius 1 is 1.36 bits per heavy atom. The molecule has 1 fully saturated rings. The molecule has 12 heteroatoms. The molecule has 2 aromatic rings. The van der Waals surface area contributed by atoms with Gasteiger partial charge in [-0.15, -0.1) is 13.2 Å². The van der Waals surface area contributed by atoms with E-state index in [9.17, 15) is 28.1 Å². The fourth-order valence-electron chi connectivity index (χ4n) is 2.72. The zero-order chi connectivity index (χ0) is 20.5. The van der Waals surface area contributed by atoms with Gasteiger partial charge in [-0.2, -0.15) is 0 Å². The predicted octanol–water partition coefficient (Wildman–Crippen LogP) is 3.76. The van der Waals surface area contributed by atoms with Gasteiger partial charge in [0.1, 0.15) is 23.8 Å². The van der Waals surface area contributed by atoms with Crippen LogP contribution in [-0.4, -0.2) is 34.8 Å². The van der Waals surface area contributed by atoms with Crippen LogP contribution in [0.15, 0.2) is 36.5 Å². The van der Waals surface area contributed by atoms with E-state index in [1.54, 1.807) is 0 Å². The molecule has 1 aliphatic heterocycles. The highest BCUT2D eigenvalue weighted by Crippen LogP contribution is 2.31. The van der Waals surface area contributed by atoms with Crippen molar-refractivity contribution in [3.63, 3.8) is 0 Å². The van der Waals surface area contributed by atoms with Crippen LogP contribution >= 0.6 is 11.6 Å². The van der Waals surface area contributed by atoms with Crippen molar-refractivity contribution >= 4 is 34.7 Å². The smallest absolute Gasteiger partial charge is 0.406 e. The molecule has 1 N–H and O–H groups in total. The van der Waals surface area contributed by atoms with Crippen molar-refractivity contribution in [3.8, 4) is 5.75 Å². The minimum Gasteiger partial charge on any atom is -0.406 e. The molecular formula is C16H12ClF3N4O4. The van der Waals surface area contributed by atoms with Gasteiger partial charge in [-0.3, -0.25) is 14.9 Å². The summed E-state index contributed by atoms with van der Waals surface area (Å²) in [7, 11) is 0. The zero-order valence-corrected chi connectivity index (χ0v) is 14.7. The van der Waals surface area contributed by atoms with E-state index in [0.29, 0.717) is 6.42 Å². The van der Waals surface area contributed by atoms with E-state index in [-0.39, 0.29) is 28.8 Å². The van der Waals surface area contributed by atoms with Crippen LogP contribution in [0.5, 0.6) is 5.75 Å². The third kappa shape index (κ3) is 4.42. The summed E-state index contributed by atoms with van der Waals surface area (Å²) >= 11 is 5.96. The first-order chi connectivity index (χ1) is 13.1. The van der Waals surface area contributed by atoms with Crippen LogP contribution in [0, 0.1) is 10.1 Å². The number of alkyl halides is 3. The maximum absolute atomic E-state index is 12.6. The molecule has 1 amide bonds. The first-order valence-corrected chi connectivity index (χ1v) is 8.25. The average Bonchev–Trinajstić information content (AvgIpc) is 2.96. The van der Waals surface area contributed by atoms with Gasteiger partial charge in [0, 0.05) is 24.4 Å². The highest BCUT2D eigenvalue weighted by molar-refractivity contribution is 6.33. The molecule has 1 atom stereocenters. The van der Waals surface area contributed by atoms with E-state index in [1.165, 1.54) is 17.0 Å². The molecule has 28 heavy (non-hydrogen) atoms. The molecule has 1 unspecified atom stereocenters. The SMILES string of the molecule is O=C1C(Nc2ncc([N+](=O)[O-])cc2Cl)CCN1c1cccc(OC(F)(F)F)c1. The van der Waals surface area contributed by atoms with Gasteiger partial charge in [-0.1, -0.05) is 17.7 Å². The van der Waals surface area contributed by atoms with Crippen LogP contribution in [0.3, 0.4) is 0 Å². The molecule has 0 spiro atoms.